The Balaban J connectivity index is 2.45. The molecule has 6 heteroatoms. The monoisotopic (exact) mass is 332 g/mol. The van der Waals surface area contributed by atoms with Crippen molar-refractivity contribution in [1.82, 2.24) is 9.97 Å². The fourth-order valence-electron chi connectivity index (χ4n) is 2.21. The summed E-state index contributed by atoms with van der Waals surface area (Å²) in [6, 6.07) is 0. The Kier molecular flexibility index (Phi) is 4.53. The maximum Gasteiger partial charge on any atom is 0.144 e. The Morgan fingerprint density at radius 2 is 2.17 bits per heavy atom. The highest BCUT2D eigenvalue weighted by Crippen LogP contribution is 2.34. The molecule has 1 aliphatic heterocycles. The third-order valence-corrected chi connectivity index (χ3v) is 4.72. The van der Waals surface area contributed by atoms with E-state index >= 15 is 0 Å². The Labute approximate surface area is 120 Å². The van der Waals surface area contributed by atoms with Gasteiger partial charge >= 0.3 is 0 Å². The van der Waals surface area contributed by atoms with Crippen molar-refractivity contribution in [3.05, 3.63) is 20.6 Å². The summed E-state index contributed by atoms with van der Waals surface area (Å²) < 4.78 is 12.8. The van der Waals surface area contributed by atoms with Crippen molar-refractivity contribution in [2.24, 2.45) is 0 Å². The molecule has 1 saturated heterocycles. The number of nitrogens with zero attached hydrogens (tertiary/aromatic N) is 1. The van der Waals surface area contributed by atoms with Gasteiger partial charge in [-0.3, -0.25) is 0 Å². The number of rotatable bonds is 3. The highest BCUT2D eigenvalue weighted by atomic mass is 79.9. The number of hydrogen-bond acceptors (Lipinski definition) is 4. The lowest BCUT2D eigenvalue weighted by molar-refractivity contribution is -0.118. The fourth-order valence-corrected chi connectivity index (χ4v) is 2.65. The van der Waals surface area contributed by atoms with Gasteiger partial charge < -0.3 is 14.5 Å². The molecule has 1 aliphatic rings. The molecule has 0 spiro atoms. The van der Waals surface area contributed by atoms with Gasteiger partial charge in [-0.15, -0.1) is 0 Å². The molecule has 100 valence electrons. The first kappa shape index (κ1) is 14.1. The number of H-pyrrole nitrogens is 1. The van der Waals surface area contributed by atoms with Gasteiger partial charge in [-0.25, -0.2) is 4.98 Å². The SMILES string of the molecule is CCOC1(c2nc(=S)c(Br)c(C)[nH]2)CCOCC1. The zero-order chi connectivity index (χ0) is 13.2. The lowest BCUT2D eigenvalue weighted by Gasteiger charge is -2.36. The Hall–Kier alpha value is -0.300. The van der Waals surface area contributed by atoms with Gasteiger partial charge in [-0.1, -0.05) is 12.2 Å². The summed E-state index contributed by atoms with van der Waals surface area (Å²) >= 11 is 8.70. The summed E-state index contributed by atoms with van der Waals surface area (Å²) in [7, 11) is 0. The highest BCUT2D eigenvalue weighted by molar-refractivity contribution is 9.10. The molecule has 1 fully saturated rings. The van der Waals surface area contributed by atoms with E-state index in [9.17, 15) is 0 Å². The molecule has 2 heterocycles. The van der Waals surface area contributed by atoms with Gasteiger partial charge in [0, 0.05) is 38.4 Å². The molecule has 1 N–H and O–H groups in total. The van der Waals surface area contributed by atoms with Crippen LogP contribution in [0.5, 0.6) is 0 Å². The summed E-state index contributed by atoms with van der Waals surface area (Å²) in [5.41, 5.74) is 0.599. The average Bonchev–Trinajstić information content (AvgIpc) is 2.37. The minimum atomic E-state index is -0.383. The summed E-state index contributed by atoms with van der Waals surface area (Å²) in [6.07, 6.45) is 1.61. The number of hydrogen-bond donors (Lipinski definition) is 1. The first-order chi connectivity index (χ1) is 8.59. The second-order valence-corrected chi connectivity index (χ2v) is 5.55. The van der Waals surface area contributed by atoms with E-state index in [1.165, 1.54) is 0 Å². The first-order valence-electron chi connectivity index (χ1n) is 6.07. The van der Waals surface area contributed by atoms with Crippen molar-refractivity contribution >= 4 is 28.1 Å². The fraction of sp³-hybridized carbons (Fsp3) is 0.667. The number of halogens is 1. The average molecular weight is 333 g/mol. The van der Waals surface area contributed by atoms with Crippen molar-refractivity contribution < 1.29 is 9.47 Å². The highest BCUT2D eigenvalue weighted by Gasteiger charge is 2.37. The predicted molar refractivity (Wildman–Crippen MR) is 75.2 cm³/mol. The van der Waals surface area contributed by atoms with Gasteiger partial charge in [-0.2, -0.15) is 0 Å². The molecule has 0 saturated carbocycles. The van der Waals surface area contributed by atoms with Crippen LogP contribution in [0.15, 0.2) is 4.47 Å². The molecule has 0 aromatic carbocycles. The zero-order valence-electron chi connectivity index (χ0n) is 10.6. The molecule has 1 aromatic rings. The van der Waals surface area contributed by atoms with Gasteiger partial charge in [0.05, 0.1) is 4.47 Å². The molecule has 1 aromatic heterocycles. The van der Waals surface area contributed by atoms with E-state index in [2.05, 4.69) is 25.9 Å². The number of aromatic nitrogens is 2. The number of aromatic amines is 1. The van der Waals surface area contributed by atoms with Gasteiger partial charge in [0.2, 0.25) is 0 Å². The van der Waals surface area contributed by atoms with Crippen LogP contribution in [-0.4, -0.2) is 29.8 Å². The minimum absolute atomic E-state index is 0.383. The Bertz CT molecular complexity index is 478. The summed E-state index contributed by atoms with van der Waals surface area (Å²) in [5, 5.41) is 0. The largest absolute Gasteiger partial charge is 0.381 e. The summed E-state index contributed by atoms with van der Waals surface area (Å²) in [4.78, 5) is 7.79. The molecular formula is C12H17BrN2O2S. The lowest BCUT2D eigenvalue weighted by atomic mass is 9.93. The molecule has 0 atom stereocenters. The van der Waals surface area contributed by atoms with Gasteiger partial charge in [-0.05, 0) is 29.8 Å². The topological polar surface area (TPSA) is 47.1 Å². The zero-order valence-corrected chi connectivity index (χ0v) is 13.0. The molecule has 0 radical (unpaired) electrons. The Morgan fingerprint density at radius 3 is 2.72 bits per heavy atom. The van der Waals surface area contributed by atoms with E-state index in [1.807, 2.05) is 13.8 Å². The van der Waals surface area contributed by atoms with E-state index in [-0.39, 0.29) is 5.60 Å². The van der Waals surface area contributed by atoms with Gasteiger partial charge in [0.1, 0.15) is 16.1 Å². The van der Waals surface area contributed by atoms with Crippen LogP contribution in [0.4, 0.5) is 0 Å². The van der Waals surface area contributed by atoms with Crippen LogP contribution in [0, 0.1) is 11.6 Å². The van der Waals surface area contributed by atoms with Crippen LogP contribution >= 0.6 is 28.1 Å². The van der Waals surface area contributed by atoms with Crippen LogP contribution in [0.1, 0.15) is 31.3 Å². The molecule has 18 heavy (non-hydrogen) atoms. The van der Waals surface area contributed by atoms with Gasteiger partial charge in [0.15, 0.2) is 0 Å². The predicted octanol–water partition coefficient (Wildman–Crippen LogP) is 3.25. The van der Waals surface area contributed by atoms with Crippen molar-refractivity contribution in [2.75, 3.05) is 19.8 Å². The van der Waals surface area contributed by atoms with E-state index in [4.69, 9.17) is 21.7 Å². The molecule has 0 aliphatic carbocycles. The lowest BCUT2D eigenvalue weighted by Crippen LogP contribution is -2.38. The normalized spacial score (nSPS) is 18.8. The third kappa shape index (κ3) is 2.66. The minimum Gasteiger partial charge on any atom is -0.381 e. The maximum atomic E-state index is 5.97. The molecule has 4 nitrogen and oxygen atoms in total. The summed E-state index contributed by atoms with van der Waals surface area (Å²) in [5.74, 6) is 0.818. The summed E-state index contributed by atoms with van der Waals surface area (Å²) in [6.45, 7) is 6.01. The van der Waals surface area contributed by atoms with Crippen molar-refractivity contribution in [3.8, 4) is 0 Å². The van der Waals surface area contributed by atoms with Crippen LogP contribution in [-0.2, 0) is 15.1 Å². The van der Waals surface area contributed by atoms with Crippen LogP contribution in [0.25, 0.3) is 0 Å². The number of nitrogens with one attached hydrogen (secondary N) is 1. The van der Waals surface area contributed by atoms with Crippen molar-refractivity contribution in [1.29, 1.82) is 0 Å². The van der Waals surface area contributed by atoms with Crippen LogP contribution in [0.3, 0.4) is 0 Å². The van der Waals surface area contributed by atoms with Crippen LogP contribution in [0.2, 0.25) is 0 Å². The van der Waals surface area contributed by atoms with Crippen molar-refractivity contribution in [3.63, 3.8) is 0 Å². The smallest absolute Gasteiger partial charge is 0.144 e. The molecule has 0 unspecified atom stereocenters. The quantitative estimate of drug-likeness (QED) is 0.863. The Morgan fingerprint density at radius 1 is 1.50 bits per heavy atom. The van der Waals surface area contributed by atoms with Gasteiger partial charge in [0.25, 0.3) is 0 Å². The number of ether oxygens (including phenoxy) is 2. The molecular weight excluding hydrogens is 316 g/mol. The van der Waals surface area contributed by atoms with Crippen LogP contribution < -0.4 is 0 Å². The first-order valence-corrected chi connectivity index (χ1v) is 7.28. The third-order valence-electron chi connectivity index (χ3n) is 3.19. The van der Waals surface area contributed by atoms with E-state index in [0.717, 1.165) is 28.8 Å². The van der Waals surface area contributed by atoms with Crippen molar-refractivity contribution in [2.45, 2.75) is 32.3 Å². The molecule has 0 amide bonds. The number of aryl methyl sites for hydroxylation is 1. The van der Waals surface area contributed by atoms with E-state index < -0.39 is 0 Å². The van der Waals surface area contributed by atoms with E-state index in [1.54, 1.807) is 0 Å². The molecule has 0 bridgehead atoms. The second kappa shape index (κ2) is 5.77. The molecule has 2 rings (SSSR count). The second-order valence-electron chi connectivity index (χ2n) is 4.37. The van der Waals surface area contributed by atoms with E-state index in [0.29, 0.717) is 24.5 Å². The standard InChI is InChI=1S/C12H17BrN2O2S/c1-3-17-12(4-6-16-7-5-12)11-14-8(2)9(13)10(18)15-11/h3-7H2,1-2H3,(H,14,15,18). The maximum absolute atomic E-state index is 5.97.